The maximum Gasteiger partial charge on any atom is 0.144 e. The van der Waals surface area contributed by atoms with Gasteiger partial charge in [-0.1, -0.05) is 36.7 Å². The SMILES string of the molecule is CC(C)(C)[C@H](N)c1c(Br)cc(Br)c(O)c1Br. The molecule has 1 aromatic carbocycles. The molecule has 90 valence electrons. The number of halogens is 3. The largest absolute Gasteiger partial charge is 0.506 e. The van der Waals surface area contributed by atoms with Crippen LogP contribution in [-0.4, -0.2) is 5.11 Å². The fraction of sp³-hybridized carbons (Fsp3) is 0.455. The lowest BCUT2D eigenvalue weighted by Gasteiger charge is -2.29. The third kappa shape index (κ3) is 2.81. The molecule has 1 rings (SSSR count). The Morgan fingerprint density at radius 3 is 2.12 bits per heavy atom. The molecule has 16 heavy (non-hydrogen) atoms. The molecule has 0 spiro atoms. The van der Waals surface area contributed by atoms with Crippen molar-refractivity contribution in [3.63, 3.8) is 0 Å². The van der Waals surface area contributed by atoms with Crippen molar-refractivity contribution in [2.24, 2.45) is 11.1 Å². The predicted molar refractivity (Wildman–Crippen MR) is 77.6 cm³/mol. The van der Waals surface area contributed by atoms with E-state index in [0.29, 0.717) is 8.95 Å². The highest BCUT2D eigenvalue weighted by Gasteiger charge is 2.27. The van der Waals surface area contributed by atoms with E-state index in [2.05, 4.69) is 68.6 Å². The van der Waals surface area contributed by atoms with Crippen molar-refractivity contribution in [2.45, 2.75) is 26.8 Å². The summed E-state index contributed by atoms with van der Waals surface area (Å²) in [6.07, 6.45) is 0. The average Bonchev–Trinajstić information content (AvgIpc) is 2.13. The number of rotatable bonds is 1. The smallest absolute Gasteiger partial charge is 0.144 e. The molecule has 0 aromatic heterocycles. The van der Waals surface area contributed by atoms with Gasteiger partial charge in [0.25, 0.3) is 0 Å². The van der Waals surface area contributed by atoms with E-state index in [9.17, 15) is 5.11 Å². The first kappa shape index (κ1) is 14.5. The van der Waals surface area contributed by atoms with Crippen molar-refractivity contribution in [3.8, 4) is 5.75 Å². The molecule has 0 bridgehead atoms. The molecule has 3 N–H and O–H groups in total. The van der Waals surface area contributed by atoms with Gasteiger partial charge in [0.2, 0.25) is 0 Å². The molecule has 0 saturated carbocycles. The maximum atomic E-state index is 9.86. The average molecular weight is 416 g/mol. The molecule has 0 fully saturated rings. The van der Waals surface area contributed by atoms with Crippen LogP contribution in [0.1, 0.15) is 32.4 Å². The van der Waals surface area contributed by atoms with Gasteiger partial charge in [-0.05, 0) is 43.3 Å². The number of hydrogen-bond donors (Lipinski definition) is 2. The molecular formula is C11H14Br3NO. The lowest BCUT2D eigenvalue weighted by Crippen LogP contribution is -2.27. The molecular weight excluding hydrogens is 402 g/mol. The van der Waals surface area contributed by atoms with Crippen molar-refractivity contribution in [1.29, 1.82) is 0 Å². The topological polar surface area (TPSA) is 46.2 Å². The van der Waals surface area contributed by atoms with E-state index in [4.69, 9.17) is 5.73 Å². The van der Waals surface area contributed by atoms with Crippen molar-refractivity contribution in [2.75, 3.05) is 0 Å². The summed E-state index contributed by atoms with van der Waals surface area (Å²) in [6.45, 7) is 6.20. The van der Waals surface area contributed by atoms with Crippen LogP contribution in [0.4, 0.5) is 0 Å². The minimum absolute atomic E-state index is 0.0781. The molecule has 1 aromatic rings. The molecule has 0 aliphatic heterocycles. The van der Waals surface area contributed by atoms with Crippen LogP contribution in [0, 0.1) is 5.41 Å². The molecule has 2 nitrogen and oxygen atoms in total. The molecule has 5 heteroatoms. The van der Waals surface area contributed by atoms with E-state index in [1.807, 2.05) is 0 Å². The summed E-state index contributed by atoms with van der Waals surface area (Å²) < 4.78 is 2.15. The van der Waals surface area contributed by atoms with Crippen LogP contribution in [-0.2, 0) is 0 Å². The fourth-order valence-electron chi connectivity index (χ4n) is 1.31. The Bertz CT molecular complexity index is 413. The quantitative estimate of drug-likeness (QED) is 0.696. The minimum Gasteiger partial charge on any atom is -0.506 e. The van der Waals surface area contributed by atoms with E-state index in [-0.39, 0.29) is 17.2 Å². The molecule has 0 unspecified atom stereocenters. The first-order valence-corrected chi connectivity index (χ1v) is 7.16. The maximum absolute atomic E-state index is 9.86. The summed E-state index contributed by atoms with van der Waals surface area (Å²) in [5.74, 6) is 0.179. The number of benzene rings is 1. The summed E-state index contributed by atoms with van der Waals surface area (Å²) in [4.78, 5) is 0. The van der Waals surface area contributed by atoms with Gasteiger partial charge < -0.3 is 10.8 Å². The highest BCUT2D eigenvalue weighted by atomic mass is 79.9. The van der Waals surface area contributed by atoms with Crippen LogP contribution in [0.15, 0.2) is 19.5 Å². The van der Waals surface area contributed by atoms with E-state index in [1.165, 1.54) is 0 Å². The zero-order chi connectivity index (χ0) is 12.7. The Labute approximate surface area is 121 Å². The molecule has 0 heterocycles. The van der Waals surface area contributed by atoms with Gasteiger partial charge >= 0.3 is 0 Å². The Morgan fingerprint density at radius 1 is 1.19 bits per heavy atom. The zero-order valence-corrected chi connectivity index (χ0v) is 14.1. The third-order valence-electron chi connectivity index (χ3n) is 2.43. The second-order valence-corrected chi connectivity index (χ2v) is 7.26. The number of phenols is 1. The monoisotopic (exact) mass is 413 g/mol. The molecule has 0 aliphatic carbocycles. The van der Waals surface area contributed by atoms with Crippen LogP contribution in [0.5, 0.6) is 5.75 Å². The lowest BCUT2D eigenvalue weighted by atomic mass is 9.83. The van der Waals surface area contributed by atoms with Gasteiger partial charge in [0.05, 0.1) is 8.95 Å². The second-order valence-electron chi connectivity index (χ2n) is 4.76. The molecule has 0 radical (unpaired) electrons. The Balaban J connectivity index is 3.40. The molecule has 0 amide bonds. The predicted octanol–water partition coefficient (Wildman–Crippen LogP) is 4.73. The summed E-state index contributed by atoms with van der Waals surface area (Å²) in [5, 5.41) is 9.86. The minimum atomic E-state index is -0.171. The lowest BCUT2D eigenvalue weighted by molar-refractivity contribution is 0.324. The van der Waals surface area contributed by atoms with Crippen molar-refractivity contribution < 1.29 is 5.11 Å². The van der Waals surface area contributed by atoms with E-state index >= 15 is 0 Å². The first-order chi connectivity index (χ1) is 7.16. The van der Waals surface area contributed by atoms with Gasteiger partial charge in [0.1, 0.15) is 5.75 Å². The van der Waals surface area contributed by atoms with Gasteiger partial charge in [-0.2, -0.15) is 0 Å². The molecule has 0 saturated heterocycles. The molecule has 1 atom stereocenters. The van der Waals surface area contributed by atoms with Crippen LogP contribution in [0.3, 0.4) is 0 Å². The van der Waals surface area contributed by atoms with Crippen molar-refractivity contribution in [1.82, 2.24) is 0 Å². The highest BCUT2D eigenvalue weighted by Crippen LogP contribution is 2.45. The van der Waals surface area contributed by atoms with Crippen LogP contribution in [0.25, 0.3) is 0 Å². The van der Waals surface area contributed by atoms with Gasteiger partial charge in [-0.25, -0.2) is 0 Å². The summed E-state index contributed by atoms with van der Waals surface area (Å²) in [6, 6.07) is 1.64. The van der Waals surface area contributed by atoms with Crippen molar-refractivity contribution in [3.05, 3.63) is 25.0 Å². The number of aromatic hydroxyl groups is 1. The van der Waals surface area contributed by atoms with Gasteiger partial charge in [-0.15, -0.1) is 0 Å². The third-order valence-corrected chi connectivity index (χ3v) is 4.49. The first-order valence-electron chi connectivity index (χ1n) is 4.78. The highest BCUT2D eigenvalue weighted by molar-refractivity contribution is 9.11. The Hall–Kier alpha value is 0.420. The zero-order valence-electron chi connectivity index (χ0n) is 9.31. The standard InChI is InChI=1S/C11H14Br3NO/c1-11(2,3)10(15)7-5(12)4-6(13)9(16)8(7)14/h4,10,16H,15H2,1-3H3/t10-/m1/s1. The number of phenolic OH excluding ortho intramolecular Hbond substituents is 1. The van der Waals surface area contributed by atoms with E-state index in [0.717, 1.165) is 10.0 Å². The summed E-state index contributed by atoms with van der Waals surface area (Å²) >= 11 is 10.1. The van der Waals surface area contributed by atoms with Crippen LogP contribution in [0.2, 0.25) is 0 Å². The second kappa shape index (κ2) is 4.96. The van der Waals surface area contributed by atoms with Crippen LogP contribution < -0.4 is 5.73 Å². The van der Waals surface area contributed by atoms with E-state index < -0.39 is 0 Å². The van der Waals surface area contributed by atoms with Gasteiger partial charge in [0, 0.05) is 16.1 Å². The summed E-state index contributed by atoms with van der Waals surface area (Å²) in [7, 11) is 0. The summed E-state index contributed by atoms with van der Waals surface area (Å²) in [5.41, 5.74) is 7.01. The Kier molecular flexibility index (Phi) is 4.49. The normalized spacial score (nSPS) is 13.9. The van der Waals surface area contributed by atoms with Gasteiger partial charge in [-0.3, -0.25) is 0 Å². The number of nitrogens with two attached hydrogens (primary N) is 1. The molecule has 0 aliphatic rings. The van der Waals surface area contributed by atoms with Crippen molar-refractivity contribution >= 4 is 47.8 Å². The number of hydrogen-bond acceptors (Lipinski definition) is 2. The van der Waals surface area contributed by atoms with Crippen LogP contribution >= 0.6 is 47.8 Å². The fourth-order valence-corrected chi connectivity index (χ4v) is 3.93. The Morgan fingerprint density at radius 2 is 1.69 bits per heavy atom. The van der Waals surface area contributed by atoms with Gasteiger partial charge in [0.15, 0.2) is 0 Å². The van der Waals surface area contributed by atoms with E-state index in [1.54, 1.807) is 6.07 Å².